The minimum absolute atomic E-state index is 0.819. The Kier molecular flexibility index (Phi) is 10.2. The monoisotopic (exact) mass is 856 g/mol. The van der Waals surface area contributed by atoms with Crippen molar-refractivity contribution in [3.63, 3.8) is 0 Å². The average molecular weight is 857 g/mol. The maximum Gasteiger partial charge on any atom is 0.159 e. The molecular weight excluding hydrogens is 813 g/mol. The first-order chi connectivity index (χ1) is 33.2. The third-order valence-electron chi connectivity index (χ3n) is 12.9. The zero-order chi connectivity index (χ0) is 44.5. The number of benzene rings is 11. The molecule has 3 heteroatoms. The van der Waals surface area contributed by atoms with Gasteiger partial charge in [0.15, 0.2) is 5.75 Å². The highest BCUT2D eigenvalue weighted by atomic mass is 16.5. The van der Waals surface area contributed by atoms with Gasteiger partial charge >= 0.3 is 0 Å². The van der Waals surface area contributed by atoms with E-state index in [9.17, 15) is 0 Å². The van der Waals surface area contributed by atoms with Gasteiger partial charge in [0.1, 0.15) is 5.75 Å². The van der Waals surface area contributed by atoms with Gasteiger partial charge in [0.05, 0.1) is 11.4 Å². The summed E-state index contributed by atoms with van der Waals surface area (Å²) in [5.41, 5.74) is 17.9. The number of fused-ring (bicyclic) bond motifs is 2. The van der Waals surface area contributed by atoms with E-state index in [1.807, 2.05) is 0 Å². The number of anilines is 6. The molecular formula is C64H44N2O. The fourth-order valence-electron chi connectivity index (χ4n) is 9.54. The Balaban J connectivity index is 0.955. The molecule has 0 aromatic heterocycles. The standard InChI is InChI=1S/C64H44N2O/c1-5-15-45(16-6-1)47-27-31-49(32-28-47)51-35-39-56(40-36-51)65(57-41-37-52(38-42-57)50-33-29-48(30-34-50)46-17-7-2-8-18-46)58-43-53-19-13-24-59-60-25-14-26-61(64(60)67-62(44-58)63(53)59)66(54-20-9-3-10-21-54)55-22-11-4-12-23-55/h1-44H. The Labute approximate surface area is 391 Å². The van der Waals surface area contributed by atoms with Crippen LogP contribution >= 0.6 is 0 Å². The van der Waals surface area contributed by atoms with Gasteiger partial charge in [-0.25, -0.2) is 0 Å². The van der Waals surface area contributed by atoms with Crippen molar-refractivity contribution in [2.24, 2.45) is 0 Å². The van der Waals surface area contributed by atoms with Crippen LogP contribution in [0.3, 0.4) is 0 Å². The maximum atomic E-state index is 7.24. The van der Waals surface area contributed by atoms with E-state index in [0.29, 0.717) is 0 Å². The first kappa shape index (κ1) is 39.7. The van der Waals surface area contributed by atoms with E-state index in [-0.39, 0.29) is 0 Å². The maximum absolute atomic E-state index is 7.24. The van der Waals surface area contributed by atoms with E-state index >= 15 is 0 Å². The minimum Gasteiger partial charge on any atom is -0.454 e. The van der Waals surface area contributed by atoms with E-state index in [0.717, 1.165) is 78.6 Å². The number of rotatable bonds is 10. The summed E-state index contributed by atoms with van der Waals surface area (Å²) in [5, 5.41) is 2.21. The predicted octanol–water partition coefficient (Wildman–Crippen LogP) is 18.2. The molecule has 12 rings (SSSR count). The molecule has 0 N–H and O–H groups in total. The molecule has 316 valence electrons. The van der Waals surface area contributed by atoms with Crippen LogP contribution in [0.25, 0.3) is 66.4 Å². The third-order valence-corrected chi connectivity index (χ3v) is 12.9. The first-order valence-corrected chi connectivity index (χ1v) is 22.8. The van der Waals surface area contributed by atoms with Crippen LogP contribution in [-0.4, -0.2) is 0 Å². The highest BCUT2D eigenvalue weighted by Gasteiger charge is 2.28. The number of hydrogen-bond donors (Lipinski definition) is 0. The SMILES string of the molecule is c1ccc(-c2ccc(-c3ccc(N(c4ccc(-c5ccc(-c6ccccc6)cc5)cc4)c4cc5c6c(cccc6c4)-c4cccc(N(c6ccccc6)c6ccccc6)c4O5)cc3)cc2)cc1. The lowest BCUT2D eigenvalue weighted by Crippen LogP contribution is -2.13. The molecule has 0 saturated carbocycles. The molecule has 1 aliphatic heterocycles. The number of hydrogen-bond acceptors (Lipinski definition) is 3. The molecule has 0 aliphatic carbocycles. The zero-order valence-electron chi connectivity index (χ0n) is 36.7. The van der Waals surface area contributed by atoms with E-state index in [4.69, 9.17) is 4.74 Å². The van der Waals surface area contributed by atoms with Crippen LogP contribution in [0.5, 0.6) is 11.5 Å². The summed E-state index contributed by atoms with van der Waals surface area (Å²) < 4.78 is 7.24. The fraction of sp³-hybridized carbons (Fsp3) is 0. The van der Waals surface area contributed by atoms with Crippen LogP contribution in [0.15, 0.2) is 267 Å². The summed E-state index contributed by atoms with van der Waals surface area (Å²) in [4.78, 5) is 4.63. The molecule has 0 spiro atoms. The Hall–Kier alpha value is -8.92. The van der Waals surface area contributed by atoms with Gasteiger partial charge in [-0.05, 0) is 116 Å². The van der Waals surface area contributed by atoms with Gasteiger partial charge in [0.25, 0.3) is 0 Å². The van der Waals surface area contributed by atoms with Crippen molar-refractivity contribution in [2.75, 3.05) is 9.80 Å². The zero-order valence-corrected chi connectivity index (χ0v) is 36.7. The molecule has 11 aromatic carbocycles. The third kappa shape index (κ3) is 7.59. The van der Waals surface area contributed by atoms with Crippen LogP contribution in [0, 0.1) is 0 Å². The number of ether oxygens (including phenoxy) is 1. The van der Waals surface area contributed by atoms with Gasteiger partial charge in [-0.2, -0.15) is 0 Å². The molecule has 0 saturated heterocycles. The number of para-hydroxylation sites is 3. The molecule has 0 unspecified atom stereocenters. The molecule has 3 nitrogen and oxygen atoms in total. The topological polar surface area (TPSA) is 15.7 Å². The van der Waals surface area contributed by atoms with Gasteiger partial charge in [-0.1, -0.05) is 200 Å². The highest BCUT2D eigenvalue weighted by molar-refractivity contribution is 6.07. The van der Waals surface area contributed by atoms with Crippen LogP contribution in [0.2, 0.25) is 0 Å². The molecule has 0 fully saturated rings. The smallest absolute Gasteiger partial charge is 0.159 e. The van der Waals surface area contributed by atoms with Crippen molar-refractivity contribution >= 4 is 44.9 Å². The Morgan fingerprint density at radius 3 is 1.09 bits per heavy atom. The average Bonchev–Trinajstić information content (AvgIpc) is 3.41. The molecule has 0 amide bonds. The Bertz CT molecular complexity index is 3320. The van der Waals surface area contributed by atoms with Gasteiger partial charge < -0.3 is 14.5 Å². The van der Waals surface area contributed by atoms with Crippen molar-refractivity contribution in [3.05, 3.63) is 267 Å². The first-order valence-electron chi connectivity index (χ1n) is 22.8. The van der Waals surface area contributed by atoms with E-state index in [2.05, 4.69) is 277 Å². The van der Waals surface area contributed by atoms with E-state index in [1.54, 1.807) is 0 Å². The lowest BCUT2D eigenvalue weighted by molar-refractivity contribution is 0.488. The van der Waals surface area contributed by atoms with Crippen LogP contribution < -0.4 is 14.5 Å². The second-order valence-corrected chi connectivity index (χ2v) is 16.9. The van der Waals surface area contributed by atoms with Gasteiger partial charge in [0.2, 0.25) is 0 Å². The van der Waals surface area contributed by atoms with E-state index in [1.165, 1.54) is 33.4 Å². The van der Waals surface area contributed by atoms with Crippen molar-refractivity contribution in [3.8, 4) is 67.1 Å². The highest BCUT2D eigenvalue weighted by Crippen LogP contribution is 2.54. The van der Waals surface area contributed by atoms with Gasteiger partial charge in [-0.3, -0.25) is 0 Å². The molecule has 0 atom stereocenters. The quantitative estimate of drug-likeness (QED) is 0.136. The predicted molar refractivity (Wildman–Crippen MR) is 281 cm³/mol. The van der Waals surface area contributed by atoms with Crippen molar-refractivity contribution < 1.29 is 4.74 Å². The molecule has 1 aliphatic rings. The minimum atomic E-state index is 0.819. The summed E-state index contributed by atoms with van der Waals surface area (Å²) in [7, 11) is 0. The van der Waals surface area contributed by atoms with Crippen LogP contribution in [-0.2, 0) is 0 Å². The molecule has 1 heterocycles. The largest absolute Gasteiger partial charge is 0.454 e. The van der Waals surface area contributed by atoms with Gasteiger partial charge in [-0.15, -0.1) is 0 Å². The normalized spacial score (nSPS) is 11.4. The fourth-order valence-corrected chi connectivity index (χ4v) is 9.54. The van der Waals surface area contributed by atoms with Crippen LogP contribution in [0.4, 0.5) is 34.1 Å². The van der Waals surface area contributed by atoms with Gasteiger partial charge in [0, 0.05) is 39.8 Å². The molecule has 0 radical (unpaired) electrons. The number of nitrogens with zero attached hydrogens (tertiary/aromatic N) is 2. The van der Waals surface area contributed by atoms with Crippen molar-refractivity contribution in [2.45, 2.75) is 0 Å². The summed E-state index contributed by atoms with van der Waals surface area (Å²) in [6, 6.07) is 95.2. The Morgan fingerprint density at radius 2 is 0.627 bits per heavy atom. The lowest BCUT2D eigenvalue weighted by Gasteiger charge is -2.32. The van der Waals surface area contributed by atoms with Crippen LogP contribution in [0.1, 0.15) is 0 Å². The molecule has 0 bridgehead atoms. The van der Waals surface area contributed by atoms with E-state index < -0.39 is 0 Å². The summed E-state index contributed by atoms with van der Waals surface area (Å²) >= 11 is 0. The summed E-state index contributed by atoms with van der Waals surface area (Å²) in [6.45, 7) is 0. The summed E-state index contributed by atoms with van der Waals surface area (Å²) in [6.07, 6.45) is 0. The molecule has 67 heavy (non-hydrogen) atoms. The Morgan fingerprint density at radius 1 is 0.254 bits per heavy atom. The summed E-state index contributed by atoms with van der Waals surface area (Å²) in [5.74, 6) is 1.64. The van der Waals surface area contributed by atoms with Crippen molar-refractivity contribution in [1.29, 1.82) is 0 Å². The molecule has 11 aromatic rings. The van der Waals surface area contributed by atoms with Crippen molar-refractivity contribution in [1.82, 2.24) is 0 Å². The second-order valence-electron chi connectivity index (χ2n) is 16.9. The lowest BCUT2D eigenvalue weighted by atomic mass is 9.93. The second kappa shape index (κ2) is 17.2.